The Hall–Kier alpha value is -1.50. The van der Waals surface area contributed by atoms with Gasteiger partial charge in [-0.1, -0.05) is 17.7 Å². The summed E-state index contributed by atoms with van der Waals surface area (Å²) in [5, 5.41) is 2.34. The van der Waals surface area contributed by atoms with Gasteiger partial charge in [0.15, 0.2) is 0 Å². The number of carbonyl (C=O) groups is 1. The monoisotopic (exact) mass is 322 g/mol. The lowest BCUT2D eigenvalue weighted by atomic mass is 10.2. The van der Waals surface area contributed by atoms with Gasteiger partial charge >= 0.3 is 0 Å². The molecule has 0 saturated carbocycles. The van der Waals surface area contributed by atoms with Crippen molar-refractivity contribution in [2.75, 3.05) is 26.2 Å². The average Bonchev–Trinajstić information content (AvgIpc) is 3.00. The van der Waals surface area contributed by atoms with E-state index < -0.39 is 0 Å². The molecule has 0 bridgehead atoms. The highest BCUT2D eigenvalue weighted by atomic mass is 35.5. The highest BCUT2D eigenvalue weighted by Crippen LogP contribution is 2.14. The lowest BCUT2D eigenvalue weighted by Gasteiger charge is -2.34. The van der Waals surface area contributed by atoms with Crippen LogP contribution in [0.3, 0.4) is 0 Å². The van der Waals surface area contributed by atoms with E-state index in [0.717, 1.165) is 19.6 Å². The van der Waals surface area contributed by atoms with Gasteiger partial charge in [-0.15, -0.1) is 11.3 Å². The Kier molecular flexibility index (Phi) is 4.48. The van der Waals surface area contributed by atoms with Gasteiger partial charge < -0.3 is 4.90 Å². The molecule has 0 N–H and O–H groups in total. The van der Waals surface area contributed by atoms with Crippen LogP contribution >= 0.6 is 22.9 Å². The van der Waals surface area contributed by atoms with Crippen LogP contribution < -0.4 is 0 Å². The number of carbonyl (C=O) groups excluding carboxylic acids is 1. The molecule has 0 unspecified atom stereocenters. The summed E-state index contributed by atoms with van der Waals surface area (Å²) in [5.74, 6) is -0.0965. The number of piperazine rings is 1. The van der Waals surface area contributed by atoms with Crippen LogP contribution in [0.2, 0.25) is 5.15 Å². The first-order valence-electron chi connectivity index (χ1n) is 6.74. The Morgan fingerprint density at radius 1 is 1.29 bits per heavy atom. The molecule has 0 spiro atoms. The number of halogens is 1. The third-order valence-electron chi connectivity index (χ3n) is 3.44. The molecule has 0 atom stereocenters. The zero-order chi connectivity index (χ0) is 14.7. The first-order valence-corrected chi connectivity index (χ1v) is 8.00. The van der Waals surface area contributed by atoms with Gasteiger partial charge in [-0.2, -0.15) is 0 Å². The molecule has 0 aromatic carbocycles. The summed E-state index contributed by atoms with van der Waals surface area (Å²) in [4.78, 5) is 25.8. The van der Waals surface area contributed by atoms with Crippen molar-refractivity contribution < 1.29 is 4.79 Å². The van der Waals surface area contributed by atoms with Crippen molar-refractivity contribution in [1.29, 1.82) is 0 Å². The maximum atomic E-state index is 12.3. The van der Waals surface area contributed by atoms with Gasteiger partial charge in [-0.25, -0.2) is 4.98 Å². The van der Waals surface area contributed by atoms with Crippen LogP contribution in [0.4, 0.5) is 0 Å². The Balaban J connectivity index is 1.57. The molecule has 1 aliphatic heterocycles. The maximum Gasteiger partial charge on any atom is 0.274 e. The molecular formula is C14H15ClN4OS. The SMILES string of the molecule is O=C(c1cncc(Cl)n1)N1CCN(Cc2cccs2)CC1. The predicted octanol–water partition coefficient (Wildman–Crippen LogP) is 2.15. The standard InChI is InChI=1S/C14H15ClN4OS/c15-13-9-16-8-12(17-13)14(20)19-5-3-18(4-6-19)10-11-2-1-7-21-11/h1-2,7-9H,3-6,10H2. The van der Waals surface area contributed by atoms with Crippen molar-refractivity contribution in [2.24, 2.45) is 0 Å². The minimum atomic E-state index is -0.0965. The van der Waals surface area contributed by atoms with Crippen LogP contribution in [-0.4, -0.2) is 51.9 Å². The topological polar surface area (TPSA) is 49.3 Å². The highest BCUT2D eigenvalue weighted by Gasteiger charge is 2.23. The van der Waals surface area contributed by atoms with E-state index in [0.29, 0.717) is 18.8 Å². The Morgan fingerprint density at radius 2 is 2.10 bits per heavy atom. The molecule has 3 heterocycles. The molecule has 2 aromatic rings. The summed E-state index contributed by atoms with van der Waals surface area (Å²) in [6, 6.07) is 4.21. The number of amides is 1. The largest absolute Gasteiger partial charge is 0.335 e. The van der Waals surface area contributed by atoms with E-state index in [9.17, 15) is 4.79 Å². The number of rotatable bonds is 3. The van der Waals surface area contributed by atoms with Gasteiger partial charge in [-0.05, 0) is 11.4 Å². The summed E-state index contributed by atoms with van der Waals surface area (Å²) in [6.07, 6.45) is 2.89. The van der Waals surface area contributed by atoms with E-state index in [1.807, 2.05) is 4.90 Å². The van der Waals surface area contributed by atoms with Crippen LogP contribution in [0.5, 0.6) is 0 Å². The van der Waals surface area contributed by atoms with Gasteiger partial charge in [0.25, 0.3) is 5.91 Å². The minimum Gasteiger partial charge on any atom is -0.335 e. The maximum absolute atomic E-state index is 12.3. The van der Waals surface area contributed by atoms with E-state index in [4.69, 9.17) is 11.6 Å². The Labute approximate surface area is 132 Å². The minimum absolute atomic E-state index is 0.0965. The van der Waals surface area contributed by atoms with Crippen LogP contribution in [0.15, 0.2) is 29.9 Å². The molecule has 7 heteroatoms. The van der Waals surface area contributed by atoms with Crippen molar-refractivity contribution in [3.05, 3.63) is 45.6 Å². The third kappa shape index (κ3) is 3.58. The molecule has 1 amide bonds. The molecule has 3 rings (SSSR count). The van der Waals surface area contributed by atoms with Crippen molar-refractivity contribution in [3.63, 3.8) is 0 Å². The molecule has 0 aliphatic carbocycles. The van der Waals surface area contributed by atoms with Gasteiger partial charge in [0, 0.05) is 37.6 Å². The van der Waals surface area contributed by atoms with Crippen LogP contribution in [-0.2, 0) is 6.54 Å². The quantitative estimate of drug-likeness (QED) is 0.869. The van der Waals surface area contributed by atoms with Gasteiger partial charge in [-0.3, -0.25) is 14.7 Å². The number of nitrogens with zero attached hydrogens (tertiary/aromatic N) is 4. The summed E-state index contributed by atoms with van der Waals surface area (Å²) >= 11 is 7.55. The normalized spacial score (nSPS) is 16.1. The number of thiophene rings is 1. The summed E-state index contributed by atoms with van der Waals surface area (Å²) in [5.41, 5.74) is 0.314. The zero-order valence-corrected chi connectivity index (χ0v) is 13.0. The second-order valence-corrected chi connectivity index (χ2v) is 6.29. The highest BCUT2D eigenvalue weighted by molar-refractivity contribution is 7.09. The molecule has 1 saturated heterocycles. The van der Waals surface area contributed by atoms with E-state index in [-0.39, 0.29) is 11.1 Å². The van der Waals surface area contributed by atoms with Crippen LogP contribution in [0, 0.1) is 0 Å². The molecule has 21 heavy (non-hydrogen) atoms. The second-order valence-electron chi connectivity index (χ2n) is 4.87. The lowest BCUT2D eigenvalue weighted by molar-refractivity contribution is 0.0623. The first kappa shape index (κ1) is 14.4. The Bertz CT molecular complexity index is 611. The number of hydrogen-bond donors (Lipinski definition) is 0. The van der Waals surface area contributed by atoms with Gasteiger partial charge in [0.2, 0.25) is 0 Å². The fourth-order valence-electron chi connectivity index (χ4n) is 2.34. The zero-order valence-electron chi connectivity index (χ0n) is 11.4. The lowest BCUT2D eigenvalue weighted by Crippen LogP contribution is -2.48. The molecule has 1 fully saturated rings. The Morgan fingerprint density at radius 3 is 2.76 bits per heavy atom. The third-order valence-corrected chi connectivity index (χ3v) is 4.49. The van der Waals surface area contributed by atoms with Gasteiger partial charge in [0.05, 0.1) is 12.4 Å². The van der Waals surface area contributed by atoms with Crippen molar-refractivity contribution in [3.8, 4) is 0 Å². The van der Waals surface area contributed by atoms with Crippen molar-refractivity contribution in [1.82, 2.24) is 19.8 Å². The number of hydrogen-bond acceptors (Lipinski definition) is 5. The predicted molar refractivity (Wildman–Crippen MR) is 82.5 cm³/mol. The van der Waals surface area contributed by atoms with E-state index in [1.165, 1.54) is 17.3 Å². The van der Waals surface area contributed by atoms with E-state index in [2.05, 4.69) is 32.4 Å². The fourth-order valence-corrected chi connectivity index (χ4v) is 3.23. The van der Waals surface area contributed by atoms with E-state index in [1.54, 1.807) is 11.3 Å². The molecule has 110 valence electrons. The summed E-state index contributed by atoms with van der Waals surface area (Å²) in [6.45, 7) is 4.11. The van der Waals surface area contributed by atoms with Crippen molar-refractivity contribution in [2.45, 2.75) is 6.54 Å². The first-order chi connectivity index (χ1) is 10.2. The molecule has 0 radical (unpaired) electrons. The summed E-state index contributed by atoms with van der Waals surface area (Å²) < 4.78 is 0. The number of aromatic nitrogens is 2. The average molecular weight is 323 g/mol. The molecule has 5 nitrogen and oxygen atoms in total. The fraction of sp³-hybridized carbons (Fsp3) is 0.357. The van der Waals surface area contributed by atoms with Crippen LogP contribution in [0.25, 0.3) is 0 Å². The molecule has 2 aromatic heterocycles. The smallest absolute Gasteiger partial charge is 0.274 e. The molecular weight excluding hydrogens is 308 g/mol. The van der Waals surface area contributed by atoms with E-state index >= 15 is 0 Å². The van der Waals surface area contributed by atoms with Crippen molar-refractivity contribution >= 4 is 28.8 Å². The van der Waals surface area contributed by atoms with Gasteiger partial charge in [0.1, 0.15) is 10.8 Å². The second kappa shape index (κ2) is 6.51. The van der Waals surface area contributed by atoms with Crippen LogP contribution in [0.1, 0.15) is 15.4 Å². The molecule has 1 aliphatic rings. The summed E-state index contributed by atoms with van der Waals surface area (Å²) in [7, 11) is 0.